The van der Waals surface area contributed by atoms with Crippen LogP contribution in [0.1, 0.15) is 13.3 Å². The van der Waals surface area contributed by atoms with Crippen molar-refractivity contribution in [3.05, 3.63) is 28.7 Å². The van der Waals surface area contributed by atoms with Crippen LogP contribution >= 0.6 is 15.9 Å². The maximum atomic E-state index is 12.3. The van der Waals surface area contributed by atoms with Gasteiger partial charge in [0.2, 0.25) is 10.0 Å². The highest BCUT2D eigenvalue weighted by Gasteiger charge is 2.28. The lowest BCUT2D eigenvalue weighted by Crippen LogP contribution is -2.47. The summed E-state index contributed by atoms with van der Waals surface area (Å²) in [7, 11) is -3.22. The molecule has 0 spiro atoms. The molecule has 1 N–H and O–H groups in total. The number of nitrogens with one attached hydrogen (secondary N) is 1. The number of anilines is 1. The Morgan fingerprint density at radius 2 is 2.00 bits per heavy atom. The van der Waals surface area contributed by atoms with Gasteiger partial charge < -0.3 is 5.32 Å². The molecule has 1 aliphatic heterocycles. The Morgan fingerprint density at radius 3 is 2.67 bits per heavy atom. The first-order chi connectivity index (χ1) is 8.50. The summed E-state index contributed by atoms with van der Waals surface area (Å²) in [6, 6.07) is 7.32. The van der Waals surface area contributed by atoms with Gasteiger partial charge >= 0.3 is 0 Å². The number of hydrogen-bond acceptors (Lipinski definition) is 3. The van der Waals surface area contributed by atoms with E-state index in [1.54, 1.807) is 0 Å². The lowest BCUT2D eigenvalue weighted by molar-refractivity contribution is 0.542. The fourth-order valence-electron chi connectivity index (χ4n) is 2.15. The van der Waals surface area contributed by atoms with E-state index in [0.717, 1.165) is 16.7 Å². The Bertz CT molecular complexity index is 501. The van der Waals surface area contributed by atoms with Crippen molar-refractivity contribution in [3.63, 3.8) is 0 Å². The second kappa shape index (κ2) is 5.59. The Balaban J connectivity index is 2.38. The second-order valence-corrected chi connectivity index (χ2v) is 7.38. The lowest BCUT2D eigenvalue weighted by atomic mass is 10.2. The van der Waals surface area contributed by atoms with E-state index in [1.165, 1.54) is 4.31 Å². The third-order valence-corrected chi connectivity index (χ3v) is 5.48. The van der Waals surface area contributed by atoms with E-state index in [-0.39, 0.29) is 11.8 Å². The van der Waals surface area contributed by atoms with E-state index in [1.807, 2.05) is 31.2 Å². The number of nitrogens with zero attached hydrogens (tertiary/aromatic N) is 1. The predicted octanol–water partition coefficient (Wildman–Crippen LogP) is 1.97. The summed E-state index contributed by atoms with van der Waals surface area (Å²) in [6.45, 7) is 3.37. The molecule has 6 heteroatoms. The molecule has 0 aromatic heterocycles. The normalized spacial score (nSPS) is 24.3. The van der Waals surface area contributed by atoms with Gasteiger partial charge in [-0.25, -0.2) is 8.42 Å². The topological polar surface area (TPSA) is 49.4 Å². The predicted molar refractivity (Wildman–Crippen MR) is 77.4 cm³/mol. The van der Waals surface area contributed by atoms with Gasteiger partial charge in [0.1, 0.15) is 0 Å². The van der Waals surface area contributed by atoms with E-state index < -0.39 is 10.0 Å². The van der Waals surface area contributed by atoms with E-state index in [2.05, 4.69) is 21.2 Å². The lowest BCUT2D eigenvalue weighted by Gasteiger charge is -2.32. The maximum absolute atomic E-state index is 12.3. The molecule has 1 heterocycles. The van der Waals surface area contributed by atoms with Gasteiger partial charge in [0, 0.05) is 11.0 Å². The molecule has 1 unspecified atom stereocenters. The highest BCUT2D eigenvalue weighted by molar-refractivity contribution is 9.10. The first-order valence-electron chi connectivity index (χ1n) is 5.99. The van der Waals surface area contributed by atoms with Crippen molar-refractivity contribution in [1.29, 1.82) is 0 Å². The molecular formula is C12H17BrN2O2S. The number of hydrogen-bond donors (Lipinski definition) is 1. The van der Waals surface area contributed by atoms with Gasteiger partial charge in [-0.2, -0.15) is 0 Å². The molecule has 0 bridgehead atoms. The summed E-state index contributed by atoms with van der Waals surface area (Å²) in [5.41, 5.74) is 0.731. The fraction of sp³-hybridized carbons (Fsp3) is 0.500. The van der Waals surface area contributed by atoms with Crippen LogP contribution < -0.4 is 9.62 Å². The van der Waals surface area contributed by atoms with E-state index in [4.69, 9.17) is 0 Å². The second-order valence-electron chi connectivity index (χ2n) is 4.49. The number of rotatable bonds is 1. The maximum Gasteiger partial charge on any atom is 0.235 e. The molecule has 0 aliphatic carbocycles. The molecule has 1 aromatic carbocycles. The van der Waals surface area contributed by atoms with Gasteiger partial charge in [-0.05, 0) is 44.2 Å². The summed E-state index contributed by atoms with van der Waals surface area (Å²) in [6.07, 6.45) is 0.655. The molecule has 18 heavy (non-hydrogen) atoms. The van der Waals surface area contributed by atoms with Crippen LogP contribution in [0, 0.1) is 0 Å². The quantitative estimate of drug-likeness (QED) is 0.855. The molecule has 1 aliphatic rings. The van der Waals surface area contributed by atoms with Crippen LogP contribution in [0.3, 0.4) is 0 Å². The van der Waals surface area contributed by atoms with E-state index in [0.29, 0.717) is 13.0 Å². The number of benzene rings is 1. The van der Waals surface area contributed by atoms with Gasteiger partial charge in [-0.3, -0.25) is 4.31 Å². The summed E-state index contributed by atoms with van der Waals surface area (Å²) in [5, 5.41) is 3.27. The molecule has 1 aromatic rings. The number of halogens is 1. The molecule has 100 valence electrons. The average molecular weight is 333 g/mol. The molecule has 1 atom stereocenters. The molecule has 1 fully saturated rings. The standard InChI is InChI=1S/C12H17BrN2O2S/c1-10-9-14-7-2-8-18(16,17)15(10)12-5-3-11(13)4-6-12/h3-6,10,14H,2,7-9H2,1H3. The van der Waals surface area contributed by atoms with Crippen LogP contribution in [0.15, 0.2) is 28.7 Å². The highest BCUT2D eigenvalue weighted by atomic mass is 79.9. The monoisotopic (exact) mass is 332 g/mol. The first kappa shape index (κ1) is 13.8. The van der Waals surface area contributed by atoms with Gasteiger partial charge in [0.25, 0.3) is 0 Å². The van der Waals surface area contributed by atoms with Gasteiger partial charge in [-0.15, -0.1) is 0 Å². The van der Waals surface area contributed by atoms with Crippen molar-refractivity contribution in [2.45, 2.75) is 19.4 Å². The zero-order valence-corrected chi connectivity index (χ0v) is 12.7. The average Bonchev–Trinajstić information content (AvgIpc) is 2.29. The van der Waals surface area contributed by atoms with Gasteiger partial charge in [0.15, 0.2) is 0 Å². The van der Waals surface area contributed by atoms with Crippen LogP contribution in [0.5, 0.6) is 0 Å². The van der Waals surface area contributed by atoms with Crippen molar-refractivity contribution in [2.75, 3.05) is 23.1 Å². The number of sulfonamides is 1. The molecule has 0 saturated carbocycles. The minimum atomic E-state index is -3.22. The Kier molecular flexibility index (Phi) is 4.29. The van der Waals surface area contributed by atoms with Crippen LogP contribution in [-0.4, -0.2) is 33.3 Å². The largest absolute Gasteiger partial charge is 0.315 e. The van der Waals surface area contributed by atoms with Gasteiger partial charge in [-0.1, -0.05) is 15.9 Å². The molecular weight excluding hydrogens is 316 g/mol. The third kappa shape index (κ3) is 3.05. The Morgan fingerprint density at radius 1 is 1.33 bits per heavy atom. The van der Waals surface area contributed by atoms with Crippen molar-refractivity contribution in [1.82, 2.24) is 5.32 Å². The van der Waals surface area contributed by atoms with Crippen molar-refractivity contribution < 1.29 is 8.42 Å². The minimum absolute atomic E-state index is 0.0727. The third-order valence-electron chi connectivity index (χ3n) is 2.98. The minimum Gasteiger partial charge on any atom is -0.315 e. The molecule has 4 nitrogen and oxygen atoms in total. The molecule has 0 radical (unpaired) electrons. The molecule has 0 amide bonds. The summed E-state index contributed by atoms with van der Waals surface area (Å²) >= 11 is 3.36. The van der Waals surface area contributed by atoms with E-state index in [9.17, 15) is 8.42 Å². The van der Waals surface area contributed by atoms with Crippen molar-refractivity contribution in [2.24, 2.45) is 0 Å². The fourth-order valence-corrected chi connectivity index (χ4v) is 4.18. The SMILES string of the molecule is CC1CNCCCS(=O)(=O)N1c1ccc(Br)cc1. The Hall–Kier alpha value is -0.590. The first-order valence-corrected chi connectivity index (χ1v) is 8.39. The summed E-state index contributed by atoms with van der Waals surface area (Å²) in [5.74, 6) is 0.195. The Labute approximate surface area is 117 Å². The molecule has 1 saturated heterocycles. The molecule has 2 rings (SSSR count). The smallest absolute Gasteiger partial charge is 0.235 e. The zero-order chi connectivity index (χ0) is 13.2. The van der Waals surface area contributed by atoms with Crippen molar-refractivity contribution in [3.8, 4) is 0 Å². The van der Waals surface area contributed by atoms with Gasteiger partial charge in [0.05, 0.1) is 17.5 Å². The van der Waals surface area contributed by atoms with Crippen LogP contribution in [0.2, 0.25) is 0 Å². The van der Waals surface area contributed by atoms with Crippen LogP contribution in [-0.2, 0) is 10.0 Å². The highest BCUT2D eigenvalue weighted by Crippen LogP contribution is 2.24. The van der Waals surface area contributed by atoms with E-state index >= 15 is 0 Å². The van der Waals surface area contributed by atoms with Crippen LogP contribution in [0.25, 0.3) is 0 Å². The zero-order valence-electron chi connectivity index (χ0n) is 10.3. The summed E-state index contributed by atoms with van der Waals surface area (Å²) < 4.78 is 27.2. The van der Waals surface area contributed by atoms with Crippen molar-refractivity contribution >= 4 is 31.6 Å². The summed E-state index contributed by atoms with van der Waals surface area (Å²) in [4.78, 5) is 0. The van der Waals surface area contributed by atoms with Crippen LogP contribution in [0.4, 0.5) is 5.69 Å².